The Labute approximate surface area is 179 Å². The highest BCUT2D eigenvalue weighted by atomic mass is 35.5. The highest BCUT2D eigenvalue weighted by Gasteiger charge is 2.26. The van der Waals surface area contributed by atoms with Crippen molar-refractivity contribution in [2.45, 2.75) is 12.5 Å². The Morgan fingerprint density at radius 1 is 0.759 bits per heavy atom. The third kappa shape index (κ3) is 3.59. The Bertz CT molecular complexity index is 1180. The third-order valence-corrected chi connectivity index (χ3v) is 5.68. The summed E-state index contributed by atoms with van der Waals surface area (Å²) in [5, 5.41) is 1.44. The van der Waals surface area contributed by atoms with Gasteiger partial charge in [0, 0.05) is 28.2 Å². The van der Waals surface area contributed by atoms with Crippen LogP contribution in [-0.2, 0) is 0 Å². The van der Waals surface area contributed by atoms with Gasteiger partial charge in [-0.25, -0.2) is 9.98 Å². The van der Waals surface area contributed by atoms with E-state index in [9.17, 15) is 0 Å². The van der Waals surface area contributed by atoms with Gasteiger partial charge in [0.25, 0.3) is 0 Å². The molecule has 1 unspecified atom stereocenters. The lowest BCUT2D eigenvalue weighted by Crippen LogP contribution is -2.19. The average Bonchev–Trinajstić information content (AvgIpc) is 3.19. The van der Waals surface area contributed by atoms with Gasteiger partial charge in [0.1, 0.15) is 0 Å². The molecule has 1 aliphatic heterocycles. The molecule has 0 spiro atoms. The molecule has 1 aromatic heterocycles. The summed E-state index contributed by atoms with van der Waals surface area (Å²) in [6.07, 6.45) is 2.85. The molecule has 3 nitrogen and oxygen atoms in total. The summed E-state index contributed by atoms with van der Waals surface area (Å²) in [7, 11) is 0. The smallest absolute Gasteiger partial charge is 0.230 e. The molecule has 29 heavy (non-hydrogen) atoms. The molecule has 0 bridgehead atoms. The van der Waals surface area contributed by atoms with E-state index in [4.69, 9.17) is 33.2 Å². The van der Waals surface area contributed by atoms with Crippen LogP contribution in [0.1, 0.15) is 23.6 Å². The maximum Gasteiger partial charge on any atom is 0.230 e. The zero-order valence-electron chi connectivity index (χ0n) is 15.5. The lowest BCUT2D eigenvalue weighted by molar-refractivity contribution is 0.596. The molecule has 3 aromatic carbocycles. The number of imidazole rings is 1. The highest BCUT2D eigenvalue weighted by Crippen LogP contribution is 2.36. The number of halogens is 2. The van der Waals surface area contributed by atoms with E-state index in [2.05, 4.69) is 35.0 Å². The van der Waals surface area contributed by atoms with Crippen LogP contribution in [0.25, 0.3) is 11.3 Å². The van der Waals surface area contributed by atoms with Crippen molar-refractivity contribution in [2.24, 2.45) is 4.99 Å². The number of aliphatic imine (C=N–C) groups is 1. The zero-order chi connectivity index (χ0) is 19.8. The number of aromatic nitrogens is 2. The van der Waals surface area contributed by atoms with Gasteiger partial charge >= 0.3 is 0 Å². The number of rotatable bonds is 3. The Morgan fingerprint density at radius 3 is 2.10 bits per heavy atom. The quantitative estimate of drug-likeness (QED) is 0.353. The second-order valence-electron chi connectivity index (χ2n) is 7.04. The fourth-order valence-corrected chi connectivity index (χ4v) is 3.93. The number of benzene rings is 3. The van der Waals surface area contributed by atoms with Crippen molar-refractivity contribution in [1.82, 2.24) is 9.55 Å². The summed E-state index contributed by atoms with van der Waals surface area (Å²) in [5.41, 5.74) is 5.23. The van der Waals surface area contributed by atoms with E-state index < -0.39 is 0 Å². The fraction of sp³-hybridized carbons (Fsp3) is 0.0833. The number of hydrogen-bond acceptors (Lipinski definition) is 2. The van der Waals surface area contributed by atoms with Crippen LogP contribution in [0.2, 0.25) is 10.0 Å². The first kappa shape index (κ1) is 18.2. The van der Waals surface area contributed by atoms with Crippen LogP contribution in [0.15, 0.2) is 90.1 Å². The molecule has 1 aliphatic rings. The minimum atomic E-state index is 0.0930. The van der Waals surface area contributed by atoms with Crippen LogP contribution in [0, 0.1) is 0 Å². The number of nitrogens with zero attached hydrogens (tertiary/aromatic N) is 3. The van der Waals surface area contributed by atoms with Crippen molar-refractivity contribution in [2.75, 3.05) is 0 Å². The SMILES string of the molecule is Clc1ccc(C2=Nc3nc(-c4ccccc4)cn3C(c3ccc(Cl)cc3)C2)cc1. The van der Waals surface area contributed by atoms with Gasteiger partial charge in [-0.3, -0.25) is 0 Å². The van der Waals surface area contributed by atoms with Gasteiger partial charge in [-0.05, 0) is 35.4 Å². The van der Waals surface area contributed by atoms with Gasteiger partial charge in [0.05, 0.1) is 17.4 Å². The minimum absolute atomic E-state index is 0.0930. The maximum atomic E-state index is 6.12. The molecular weight excluding hydrogens is 401 g/mol. The molecule has 5 rings (SSSR count). The largest absolute Gasteiger partial charge is 0.307 e. The average molecular weight is 418 g/mol. The van der Waals surface area contributed by atoms with Crippen molar-refractivity contribution in [3.8, 4) is 11.3 Å². The standard InChI is InChI=1S/C24H17Cl2N3/c25-19-10-6-17(7-11-19)21-14-23(18-8-12-20(26)13-9-18)29-15-22(28-24(29)27-21)16-4-2-1-3-5-16/h1-13,15,23H,14H2. The molecule has 5 heteroatoms. The minimum Gasteiger partial charge on any atom is -0.307 e. The van der Waals surface area contributed by atoms with E-state index in [-0.39, 0.29) is 6.04 Å². The lowest BCUT2D eigenvalue weighted by Gasteiger charge is -2.25. The van der Waals surface area contributed by atoms with Crippen molar-refractivity contribution in [3.05, 3.63) is 106 Å². The van der Waals surface area contributed by atoms with Crippen LogP contribution in [0.4, 0.5) is 5.95 Å². The van der Waals surface area contributed by atoms with Crippen molar-refractivity contribution < 1.29 is 0 Å². The number of hydrogen-bond donors (Lipinski definition) is 0. The summed E-state index contributed by atoms with van der Waals surface area (Å²) in [5.74, 6) is 0.708. The van der Waals surface area contributed by atoms with E-state index in [1.54, 1.807) is 0 Å². The van der Waals surface area contributed by atoms with Crippen LogP contribution >= 0.6 is 23.2 Å². The van der Waals surface area contributed by atoms with E-state index >= 15 is 0 Å². The first-order valence-corrected chi connectivity index (χ1v) is 10.2. The van der Waals surface area contributed by atoms with Crippen LogP contribution < -0.4 is 0 Å². The third-order valence-electron chi connectivity index (χ3n) is 5.17. The monoisotopic (exact) mass is 417 g/mol. The molecule has 0 aliphatic carbocycles. The first-order valence-electron chi connectivity index (χ1n) is 9.40. The van der Waals surface area contributed by atoms with Crippen LogP contribution in [-0.4, -0.2) is 15.3 Å². The second kappa shape index (κ2) is 7.51. The topological polar surface area (TPSA) is 30.2 Å². The molecule has 0 saturated carbocycles. The van der Waals surface area contributed by atoms with Gasteiger partial charge in [-0.1, -0.05) is 77.8 Å². The van der Waals surface area contributed by atoms with Crippen molar-refractivity contribution in [1.29, 1.82) is 0 Å². The van der Waals surface area contributed by atoms with Crippen LogP contribution in [0.3, 0.4) is 0 Å². The lowest BCUT2D eigenvalue weighted by atomic mass is 9.96. The molecule has 0 saturated heterocycles. The zero-order valence-corrected chi connectivity index (χ0v) is 17.0. The summed E-state index contributed by atoms with van der Waals surface area (Å²) < 4.78 is 2.16. The van der Waals surface area contributed by atoms with Gasteiger partial charge < -0.3 is 4.57 Å². The second-order valence-corrected chi connectivity index (χ2v) is 7.91. The van der Waals surface area contributed by atoms with Crippen molar-refractivity contribution in [3.63, 3.8) is 0 Å². The van der Waals surface area contributed by atoms with Crippen LogP contribution in [0.5, 0.6) is 0 Å². The van der Waals surface area contributed by atoms with E-state index in [0.717, 1.165) is 34.0 Å². The van der Waals surface area contributed by atoms with Crippen molar-refractivity contribution >= 4 is 34.9 Å². The molecular formula is C24H17Cl2N3. The highest BCUT2D eigenvalue weighted by molar-refractivity contribution is 6.31. The van der Waals surface area contributed by atoms with Gasteiger partial charge in [0.2, 0.25) is 5.95 Å². The molecule has 0 radical (unpaired) electrons. The molecule has 4 aromatic rings. The van der Waals surface area contributed by atoms with E-state index in [0.29, 0.717) is 11.0 Å². The summed E-state index contributed by atoms with van der Waals surface area (Å²) in [6, 6.07) is 26.1. The maximum absolute atomic E-state index is 6.12. The summed E-state index contributed by atoms with van der Waals surface area (Å²) >= 11 is 12.2. The molecule has 0 N–H and O–H groups in total. The Hall–Kier alpha value is -2.88. The molecule has 1 atom stereocenters. The van der Waals surface area contributed by atoms with Gasteiger partial charge in [-0.15, -0.1) is 0 Å². The Morgan fingerprint density at radius 2 is 1.41 bits per heavy atom. The first-order chi connectivity index (χ1) is 14.2. The molecule has 0 fully saturated rings. The summed E-state index contributed by atoms with van der Waals surface area (Å²) in [6.45, 7) is 0. The molecule has 142 valence electrons. The Balaban J connectivity index is 1.63. The van der Waals surface area contributed by atoms with E-state index in [1.807, 2.05) is 54.6 Å². The summed E-state index contributed by atoms with van der Waals surface area (Å²) in [4.78, 5) is 9.72. The Kier molecular flexibility index (Phi) is 4.70. The van der Waals surface area contributed by atoms with Gasteiger partial charge in [-0.2, -0.15) is 0 Å². The predicted octanol–water partition coefficient (Wildman–Crippen LogP) is 6.97. The molecule has 0 amide bonds. The predicted molar refractivity (Wildman–Crippen MR) is 120 cm³/mol. The number of fused-ring (bicyclic) bond motifs is 1. The fourth-order valence-electron chi connectivity index (χ4n) is 3.68. The molecule has 2 heterocycles. The van der Waals surface area contributed by atoms with Gasteiger partial charge in [0.15, 0.2) is 0 Å². The van der Waals surface area contributed by atoms with E-state index in [1.165, 1.54) is 5.56 Å². The normalized spacial score (nSPS) is 15.7.